The van der Waals surface area contributed by atoms with Crippen molar-refractivity contribution in [3.8, 4) is 5.69 Å². The van der Waals surface area contributed by atoms with E-state index in [1.54, 1.807) is 26.6 Å². The number of rotatable bonds is 3. The maximum Gasteiger partial charge on any atom is 0.270 e. The first-order chi connectivity index (χ1) is 17.0. The average Bonchev–Trinajstić information content (AvgIpc) is 3.58. The van der Waals surface area contributed by atoms with E-state index in [0.29, 0.717) is 36.8 Å². The highest BCUT2D eigenvalue weighted by atomic mass is 32.1. The van der Waals surface area contributed by atoms with Crippen LogP contribution in [0, 0.1) is 12.7 Å². The van der Waals surface area contributed by atoms with Crippen molar-refractivity contribution < 1.29 is 14.0 Å². The van der Waals surface area contributed by atoms with Crippen molar-refractivity contribution in [1.29, 1.82) is 0 Å². The SMILES string of the molecule is Cc1nn(-c2ccc(F)cc2)c2sc(C(=O)N3CCN(C(=O)c4cc5ccccc5[nH]4)CC3)cc12. The molecular formula is C26H22FN5O2S. The molecule has 1 aliphatic heterocycles. The van der Waals surface area contributed by atoms with Gasteiger partial charge in [0.25, 0.3) is 11.8 Å². The van der Waals surface area contributed by atoms with E-state index in [2.05, 4.69) is 10.1 Å². The van der Waals surface area contributed by atoms with Crippen molar-refractivity contribution in [2.24, 2.45) is 0 Å². The van der Waals surface area contributed by atoms with Gasteiger partial charge in [-0.25, -0.2) is 9.07 Å². The minimum atomic E-state index is -0.307. The number of carbonyl (C=O) groups is 2. The number of benzene rings is 2. The molecule has 0 radical (unpaired) electrons. The standard InChI is InChI=1S/C26H22FN5O2S/c1-16-20-15-23(35-26(20)32(29-16)19-8-6-18(27)7-9-19)25(34)31-12-10-30(11-13-31)24(33)22-14-17-4-2-3-5-21(17)28-22/h2-9,14-15,28H,10-13H2,1H3. The number of hydrogen-bond donors (Lipinski definition) is 1. The molecule has 176 valence electrons. The second-order valence-electron chi connectivity index (χ2n) is 8.66. The molecule has 0 spiro atoms. The van der Waals surface area contributed by atoms with Gasteiger partial charge in [0, 0.05) is 42.5 Å². The molecule has 35 heavy (non-hydrogen) atoms. The van der Waals surface area contributed by atoms with Crippen molar-refractivity contribution in [3.05, 3.63) is 82.7 Å². The highest BCUT2D eigenvalue weighted by molar-refractivity contribution is 7.20. The van der Waals surface area contributed by atoms with Crippen LogP contribution in [-0.2, 0) is 0 Å². The molecule has 1 aliphatic rings. The summed E-state index contributed by atoms with van der Waals surface area (Å²) in [6, 6.07) is 17.7. The lowest BCUT2D eigenvalue weighted by atomic mass is 10.2. The second-order valence-corrected chi connectivity index (χ2v) is 9.69. The summed E-state index contributed by atoms with van der Waals surface area (Å²) in [5, 5.41) is 6.48. The van der Waals surface area contributed by atoms with Gasteiger partial charge in [-0.05, 0) is 49.4 Å². The van der Waals surface area contributed by atoms with Gasteiger partial charge in [-0.15, -0.1) is 11.3 Å². The van der Waals surface area contributed by atoms with Gasteiger partial charge in [0.15, 0.2) is 0 Å². The summed E-state index contributed by atoms with van der Waals surface area (Å²) in [4.78, 5) is 34.5. The second kappa shape index (κ2) is 8.35. The third-order valence-electron chi connectivity index (χ3n) is 6.44. The fourth-order valence-corrected chi connectivity index (χ4v) is 5.69. The molecule has 0 saturated carbocycles. The van der Waals surface area contributed by atoms with E-state index >= 15 is 0 Å². The monoisotopic (exact) mass is 487 g/mol. The van der Waals surface area contributed by atoms with Gasteiger partial charge in [0.1, 0.15) is 16.3 Å². The number of hydrogen-bond acceptors (Lipinski definition) is 4. The third-order valence-corrected chi connectivity index (χ3v) is 7.54. The van der Waals surface area contributed by atoms with E-state index < -0.39 is 0 Å². The third kappa shape index (κ3) is 3.77. The van der Waals surface area contributed by atoms with Crippen molar-refractivity contribution in [3.63, 3.8) is 0 Å². The van der Waals surface area contributed by atoms with Crippen molar-refractivity contribution in [2.45, 2.75) is 6.92 Å². The Hall–Kier alpha value is -3.98. The number of H-pyrrole nitrogens is 1. The Morgan fingerprint density at radius 2 is 1.63 bits per heavy atom. The molecule has 4 heterocycles. The van der Waals surface area contributed by atoms with Crippen LogP contribution in [0.15, 0.2) is 60.7 Å². The Kier molecular flexibility index (Phi) is 5.14. The van der Waals surface area contributed by atoms with Crippen LogP contribution >= 0.6 is 11.3 Å². The molecule has 2 amide bonds. The van der Waals surface area contributed by atoms with E-state index in [9.17, 15) is 14.0 Å². The molecule has 5 aromatic rings. The first kappa shape index (κ1) is 21.5. The normalized spacial score (nSPS) is 14.2. The summed E-state index contributed by atoms with van der Waals surface area (Å²) >= 11 is 1.38. The van der Waals surface area contributed by atoms with E-state index in [-0.39, 0.29) is 17.6 Å². The quantitative estimate of drug-likeness (QED) is 0.404. The van der Waals surface area contributed by atoms with Crippen molar-refractivity contribution in [1.82, 2.24) is 24.6 Å². The van der Waals surface area contributed by atoms with Crippen LogP contribution in [0.2, 0.25) is 0 Å². The number of para-hydroxylation sites is 1. The predicted molar refractivity (Wildman–Crippen MR) is 134 cm³/mol. The summed E-state index contributed by atoms with van der Waals surface area (Å²) in [5.74, 6) is -0.405. The Balaban J connectivity index is 1.18. The molecule has 0 unspecified atom stereocenters. The zero-order valence-electron chi connectivity index (χ0n) is 19.0. The summed E-state index contributed by atoms with van der Waals surface area (Å²) in [6.45, 7) is 3.81. The maximum atomic E-state index is 13.4. The Morgan fingerprint density at radius 3 is 2.34 bits per heavy atom. The van der Waals surface area contributed by atoms with Crippen LogP contribution in [0.3, 0.4) is 0 Å². The molecule has 3 aromatic heterocycles. The number of aromatic amines is 1. The number of fused-ring (bicyclic) bond motifs is 2. The molecule has 0 bridgehead atoms. The summed E-state index contributed by atoms with van der Waals surface area (Å²) < 4.78 is 15.1. The van der Waals surface area contributed by atoms with Crippen molar-refractivity contribution >= 4 is 44.3 Å². The minimum Gasteiger partial charge on any atom is -0.351 e. The zero-order chi connectivity index (χ0) is 24.1. The predicted octanol–water partition coefficient (Wildman–Crippen LogP) is 4.61. The van der Waals surface area contributed by atoms with Crippen LogP contribution < -0.4 is 0 Å². The number of aryl methyl sites for hydroxylation is 1. The lowest BCUT2D eigenvalue weighted by Gasteiger charge is -2.34. The number of thiophene rings is 1. The average molecular weight is 488 g/mol. The van der Waals surface area contributed by atoms with Gasteiger partial charge in [-0.1, -0.05) is 18.2 Å². The Morgan fingerprint density at radius 1 is 0.943 bits per heavy atom. The van der Waals surface area contributed by atoms with E-state index in [1.807, 2.05) is 43.3 Å². The maximum absolute atomic E-state index is 13.4. The number of amides is 2. The number of nitrogens with one attached hydrogen (secondary N) is 1. The molecule has 6 rings (SSSR count). The minimum absolute atomic E-state index is 0.0473. The fraction of sp³-hybridized carbons (Fsp3) is 0.192. The van der Waals surface area contributed by atoms with Gasteiger partial charge in [-0.3, -0.25) is 9.59 Å². The van der Waals surface area contributed by atoms with Gasteiger partial charge in [0.05, 0.1) is 16.3 Å². The van der Waals surface area contributed by atoms with Crippen LogP contribution in [0.1, 0.15) is 25.9 Å². The van der Waals surface area contributed by atoms with E-state index in [0.717, 1.165) is 32.5 Å². The largest absolute Gasteiger partial charge is 0.351 e. The molecule has 0 atom stereocenters. The number of nitrogens with zero attached hydrogens (tertiary/aromatic N) is 4. The topological polar surface area (TPSA) is 74.2 Å². The number of piperazine rings is 1. The van der Waals surface area contributed by atoms with E-state index in [1.165, 1.54) is 23.5 Å². The summed E-state index contributed by atoms with van der Waals surface area (Å²) in [6.07, 6.45) is 0. The Bertz CT molecular complexity index is 1540. The summed E-state index contributed by atoms with van der Waals surface area (Å²) in [5.41, 5.74) is 3.06. The smallest absolute Gasteiger partial charge is 0.270 e. The van der Waals surface area contributed by atoms with E-state index in [4.69, 9.17) is 0 Å². The van der Waals surface area contributed by atoms with Gasteiger partial charge >= 0.3 is 0 Å². The molecule has 2 aromatic carbocycles. The number of carbonyl (C=O) groups excluding carboxylic acids is 2. The lowest BCUT2D eigenvalue weighted by molar-refractivity contribution is 0.0535. The highest BCUT2D eigenvalue weighted by Crippen LogP contribution is 2.31. The molecule has 0 aliphatic carbocycles. The zero-order valence-corrected chi connectivity index (χ0v) is 19.8. The number of halogens is 1. The molecule has 1 N–H and O–H groups in total. The fourth-order valence-electron chi connectivity index (χ4n) is 4.54. The van der Waals surface area contributed by atoms with Crippen LogP contribution in [0.4, 0.5) is 4.39 Å². The van der Waals surface area contributed by atoms with Gasteiger partial charge in [-0.2, -0.15) is 5.10 Å². The molecule has 9 heteroatoms. The lowest BCUT2D eigenvalue weighted by Crippen LogP contribution is -2.50. The Labute approximate surface area is 204 Å². The highest BCUT2D eigenvalue weighted by Gasteiger charge is 2.28. The molecule has 7 nitrogen and oxygen atoms in total. The molecular weight excluding hydrogens is 465 g/mol. The van der Waals surface area contributed by atoms with Gasteiger partial charge in [0.2, 0.25) is 0 Å². The first-order valence-corrected chi connectivity index (χ1v) is 12.2. The van der Waals surface area contributed by atoms with Crippen LogP contribution in [0.5, 0.6) is 0 Å². The summed E-state index contributed by atoms with van der Waals surface area (Å²) in [7, 11) is 0. The molecule has 1 fully saturated rings. The van der Waals surface area contributed by atoms with Crippen LogP contribution in [-0.4, -0.2) is 62.6 Å². The molecule has 1 saturated heterocycles. The van der Waals surface area contributed by atoms with Crippen LogP contribution in [0.25, 0.3) is 26.8 Å². The first-order valence-electron chi connectivity index (χ1n) is 11.4. The van der Waals surface area contributed by atoms with Gasteiger partial charge < -0.3 is 14.8 Å². The van der Waals surface area contributed by atoms with Crippen molar-refractivity contribution in [2.75, 3.05) is 26.2 Å². The number of aromatic nitrogens is 3.